The molecule has 0 saturated heterocycles. The van der Waals surface area contributed by atoms with E-state index >= 15 is 0 Å². The molecule has 0 unspecified atom stereocenters. The molecule has 0 aliphatic carbocycles. The van der Waals surface area contributed by atoms with Gasteiger partial charge in [-0.15, -0.1) is 0 Å². The van der Waals surface area contributed by atoms with Crippen molar-refractivity contribution in [3.8, 4) is 17.2 Å². The van der Waals surface area contributed by atoms with E-state index in [-0.39, 0.29) is 27.9 Å². The standard InChI is InChI=1S/C21H16O6S/c22-17-7-4-8-19(13-17)28(25,26)27-18-11-9-16(21(24)14-18)10-12-20(23)15-5-2-1-3-6-15/h1-14,22,24H. The maximum absolute atomic E-state index is 12.2. The van der Waals surface area contributed by atoms with Gasteiger partial charge in [0.25, 0.3) is 0 Å². The lowest BCUT2D eigenvalue weighted by atomic mass is 10.1. The summed E-state index contributed by atoms with van der Waals surface area (Å²) in [5.74, 6) is -0.795. The number of hydrogen-bond acceptors (Lipinski definition) is 6. The molecule has 0 spiro atoms. The Bertz CT molecular complexity index is 1130. The largest absolute Gasteiger partial charge is 0.508 e. The molecule has 0 fully saturated rings. The molecular formula is C21H16O6S. The van der Waals surface area contributed by atoms with Gasteiger partial charge in [-0.2, -0.15) is 8.42 Å². The third-order valence-corrected chi connectivity index (χ3v) is 5.03. The van der Waals surface area contributed by atoms with Gasteiger partial charge < -0.3 is 14.4 Å². The average Bonchev–Trinajstić information content (AvgIpc) is 2.67. The Hall–Kier alpha value is -3.58. The number of rotatable bonds is 6. The quantitative estimate of drug-likeness (QED) is 0.374. The Morgan fingerprint density at radius 1 is 0.893 bits per heavy atom. The molecule has 0 aromatic heterocycles. The highest BCUT2D eigenvalue weighted by Gasteiger charge is 2.17. The van der Waals surface area contributed by atoms with Crippen LogP contribution >= 0.6 is 0 Å². The molecule has 0 heterocycles. The SMILES string of the molecule is O=C(C=Cc1ccc(OS(=O)(=O)c2cccc(O)c2)cc1O)c1ccccc1. The average molecular weight is 396 g/mol. The van der Waals surface area contributed by atoms with Gasteiger partial charge in [-0.05, 0) is 36.4 Å². The number of aromatic hydroxyl groups is 2. The number of allylic oxidation sites excluding steroid dienone is 1. The highest BCUT2D eigenvalue weighted by atomic mass is 32.2. The van der Waals surface area contributed by atoms with Gasteiger partial charge in [-0.3, -0.25) is 4.79 Å². The smallest absolute Gasteiger partial charge is 0.339 e. The Morgan fingerprint density at radius 3 is 2.32 bits per heavy atom. The zero-order chi connectivity index (χ0) is 20.1. The summed E-state index contributed by atoms with van der Waals surface area (Å²) in [6.07, 6.45) is 2.74. The first-order chi connectivity index (χ1) is 13.3. The van der Waals surface area contributed by atoms with Gasteiger partial charge >= 0.3 is 10.1 Å². The summed E-state index contributed by atoms with van der Waals surface area (Å²) in [6.45, 7) is 0. The first kappa shape index (κ1) is 19.2. The highest BCUT2D eigenvalue weighted by molar-refractivity contribution is 7.87. The van der Waals surface area contributed by atoms with Crippen molar-refractivity contribution < 1.29 is 27.6 Å². The van der Waals surface area contributed by atoms with Crippen LogP contribution in [-0.4, -0.2) is 24.4 Å². The molecule has 0 amide bonds. The minimum atomic E-state index is -4.17. The van der Waals surface area contributed by atoms with Gasteiger partial charge in [-0.1, -0.05) is 36.4 Å². The van der Waals surface area contributed by atoms with Crippen molar-refractivity contribution in [3.63, 3.8) is 0 Å². The molecule has 3 rings (SSSR count). The third kappa shape index (κ3) is 4.57. The fourth-order valence-corrected chi connectivity index (χ4v) is 3.36. The van der Waals surface area contributed by atoms with Crippen LogP contribution in [0.5, 0.6) is 17.2 Å². The predicted octanol–water partition coefficient (Wildman–Crippen LogP) is 3.76. The van der Waals surface area contributed by atoms with Crippen LogP contribution in [0, 0.1) is 0 Å². The van der Waals surface area contributed by atoms with Gasteiger partial charge in [0.1, 0.15) is 22.1 Å². The van der Waals surface area contributed by atoms with E-state index in [1.54, 1.807) is 30.3 Å². The van der Waals surface area contributed by atoms with Crippen molar-refractivity contribution in [2.24, 2.45) is 0 Å². The van der Waals surface area contributed by atoms with Crippen LogP contribution in [0.1, 0.15) is 15.9 Å². The molecule has 3 aromatic carbocycles. The molecule has 3 aromatic rings. The normalized spacial score (nSPS) is 11.4. The van der Waals surface area contributed by atoms with E-state index in [1.165, 1.54) is 42.5 Å². The number of phenolic OH excluding ortho intramolecular Hbond substituents is 2. The van der Waals surface area contributed by atoms with Crippen LogP contribution in [0.15, 0.2) is 83.8 Å². The van der Waals surface area contributed by atoms with Gasteiger partial charge in [0, 0.05) is 23.3 Å². The van der Waals surface area contributed by atoms with Crippen molar-refractivity contribution in [2.45, 2.75) is 4.90 Å². The van der Waals surface area contributed by atoms with Crippen molar-refractivity contribution >= 4 is 22.0 Å². The number of carbonyl (C=O) groups excluding carboxylic acids is 1. The van der Waals surface area contributed by atoms with Crippen LogP contribution in [0.3, 0.4) is 0 Å². The molecule has 0 atom stereocenters. The summed E-state index contributed by atoms with van der Waals surface area (Å²) in [5, 5.41) is 19.5. The maximum atomic E-state index is 12.2. The minimum Gasteiger partial charge on any atom is -0.508 e. The molecule has 28 heavy (non-hydrogen) atoms. The number of hydrogen-bond donors (Lipinski definition) is 2. The molecule has 6 nitrogen and oxygen atoms in total. The van der Waals surface area contributed by atoms with E-state index < -0.39 is 10.1 Å². The molecule has 0 aliphatic rings. The van der Waals surface area contributed by atoms with E-state index in [0.29, 0.717) is 11.1 Å². The van der Waals surface area contributed by atoms with Crippen LogP contribution in [0.25, 0.3) is 6.08 Å². The van der Waals surface area contributed by atoms with E-state index in [1.807, 2.05) is 0 Å². The van der Waals surface area contributed by atoms with Crippen LogP contribution in [-0.2, 0) is 10.1 Å². The molecule has 7 heteroatoms. The number of carbonyl (C=O) groups is 1. The van der Waals surface area contributed by atoms with Gasteiger partial charge in [0.2, 0.25) is 0 Å². The first-order valence-electron chi connectivity index (χ1n) is 8.19. The summed E-state index contributed by atoms with van der Waals surface area (Å²) in [4.78, 5) is 11.9. The van der Waals surface area contributed by atoms with Crippen LogP contribution < -0.4 is 4.18 Å². The third-order valence-electron chi connectivity index (χ3n) is 3.79. The zero-order valence-corrected chi connectivity index (χ0v) is 15.3. The molecule has 0 bridgehead atoms. The molecule has 0 saturated carbocycles. The number of phenols is 2. The van der Waals surface area contributed by atoms with E-state index in [4.69, 9.17) is 4.18 Å². The highest BCUT2D eigenvalue weighted by Crippen LogP contribution is 2.28. The summed E-state index contributed by atoms with van der Waals surface area (Å²) in [5.41, 5.74) is 0.835. The van der Waals surface area contributed by atoms with Gasteiger partial charge in [0.15, 0.2) is 5.78 Å². The first-order valence-corrected chi connectivity index (χ1v) is 9.60. The van der Waals surface area contributed by atoms with Crippen molar-refractivity contribution in [3.05, 3.63) is 90.0 Å². The maximum Gasteiger partial charge on any atom is 0.339 e. The van der Waals surface area contributed by atoms with E-state index in [9.17, 15) is 23.4 Å². The summed E-state index contributed by atoms with van der Waals surface area (Å²) >= 11 is 0. The van der Waals surface area contributed by atoms with Crippen molar-refractivity contribution in [2.75, 3.05) is 0 Å². The molecule has 142 valence electrons. The number of benzene rings is 3. The Balaban J connectivity index is 1.77. The Kier molecular flexibility index (Phi) is 5.47. The number of ketones is 1. The van der Waals surface area contributed by atoms with Crippen LogP contribution in [0.4, 0.5) is 0 Å². The van der Waals surface area contributed by atoms with E-state index in [0.717, 1.165) is 12.1 Å². The second-order valence-electron chi connectivity index (χ2n) is 5.82. The lowest BCUT2D eigenvalue weighted by Crippen LogP contribution is -2.09. The lowest BCUT2D eigenvalue weighted by molar-refractivity contribution is 0.104. The second-order valence-corrected chi connectivity index (χ2v) is 7.37. The monoisotopic (exact) mass is 396 g/mol. The lowest BCUT2D eigenvalue weighted by Gasteiger charge is -2.08. The summed E-state index contributed by atoms with van der Waals surface area (Å²) < 4.78 is 29.5. The fraction of sp³-hybridized carbons (Fsp3) is 0. The Labute approximate surface area is 162 Å². The topological polar surface area (TPSA) is 101 Å². The van der Waals surface area contributed by atoms with E-state index in [2.05, 4.69) is 0 Å². The predicted molar refractivity (Wildman–Crippen MR) is 104 cm³/mol. The van der Waals surface area contributed by atoms with Gasteiger partial charge in [0.05, 0.1) is 0 Å². The Morgan fingerprint density at radius 2 is 1.64 bits per heavy atom. The molecule has 0 radical (unpaired) electrons. The van der Waals surface area contributed by atoms with Gasteiger partial charge in [-0.25, -0.2) is 0 Å². The summed E-state index contributed by atoms with van der Waals surface area (Å²) in [7, 11) is -4.17. The second kappa shape index (κ2) is 7.98. The molecular weight excluding hydrogens is 380 g/mol. The summed E-state index contributed by atoms with van der Waals surface area (Å²) in [6, 6.07) is 17.6. The van der Waals surface area contributed by atoms with Crippen LogP contribution in [0.2, 0.25) is 0 Å². The minimum absolute atomic E-state index is 0.104. The molecule has 0 aliphatic heterocycles. The zero-order valence-electron chi connectivity index (χ0n) is 14.5. The van der Waals surface area contributed by atoms with Crippen molar-refractivity contribution in [1.82, 2.24) is 0 Å². The molecule has 2 N–H and O–H groups in total. The fourth-order valence-electron chi connectivity index (χ4n) is 2.39. The van der Waals surface area contributed by atoms with Crippen molar-refractivity contribution in [1.29, 1.82) is 0 Å².